The summed E-state index contributed by atoms with van der Waals surface area (Å²) in [7, 11) is 0. The quantitative estimate of drug-likeness (QED) is 0.341. The van der Waals surface area contributed by atoms with Gasteiger partial charge in [0.25, 0.3) is 0 Å². The second kappa shape index (κ2) is 8.92. The van der Waals surface area contributed by atoms with Gasteiger partial charge in [-0.2, -0.15) is 18.2 Å². The van der Waals surface area contributed by atoms with Crippen LogP contribution in [0, 0.1) is 12.7 Å². The highest BCUT2D eigenvalue weighted by atomic mass is 19.4. The van der Waals surface area contributed by atoms with Gasteiger partial charge in [0.1, 0.15) is 6.61 Å². The van der Waals surface area contributed by atoms with Crippen LogP contribution in [0.2, 0.25) is 0 Å². The number of aliphatic hydroxyl groups excluding tert-OH is 1. The Kier molecular flexibility index (Phi) is 6.10. The molecule has 2 aromatic carbocycles. The summed E-state index contributed by atoms with van der Waals surface area (Å²) in [6.07, 6.45) is -5.30. The largest absolute Gasteiger partial charge is 0.464 e. The van der Waals surface area contributed by atoms with Crippen molar-refractivity contribution in [1.82, 2.24) is 14.5 Å². The Bertz CT molecular complexity index is 1530. The van der Waals surface area contributed by atoms with Gasteiger partial charge < -0.3 is 20.7 Å². The minimum absolute atomic E-state index is 0.0214. The molecule has 0 aliphatic rings. The summed E-state index contributed by atoms with van der Waals surface area (Å²) in [4.78, 5) is 31.1. The van der Waals surface area contributed by atoms with Crippen molar-refractivity contribution in [2.24, 2.45) is 5.73 Å². The molecule has 1 amide bonds. The second-order valence-electron chi connectivity index (χ2n) is 7.54. The molecular formula is C23H16F4N4O5. The fourth-order valence-electron chi connectivity index (χ4n) is 3.88. The van der Waals surface area contributed by atoms with Gasteiger partial charge in [0.15, 0.2) is 17.4 Å². The molecule has 2 heterocycles. The summed E-state index contributed by atoms with van der Waals surface area (Å²) < 4.78 is 63.8. The van der Waals surface area contributed by atoms with Crippen molar-refractivity contribution in [3.8, 4) is 22.8 Å². The highest BCUT2D eigenvalue weighted by Crippen LogP contribution is 2.45. The van der Waals surface area contributed by atoms with Crippen LogP contribution < -0.4 is 10.5 Å². The van der Waals surface area contributed by atoms with Crippen LogP contribution in [0.5, 0.6) is 11.6 Å². The molecule has 0 aliphatic carbocycles. The number of carboxylic acid groups (broad SMARTS) is 1. The summed E-state index contributed by atoms with van der Waals surface area (Å²) in [5, 5.41) is 18.4. The van der Waals surface area contributed by atoms with Gasteiger partial charge in [0, 0.05) is 34.5 Å². The van der Waals surface area contributed by atoms with Crippen LogP contribution in [-0.4, -0.2) is 36.7 Å². The molecule has 36 heavy (non-hydrogen) atoms. The van der Waals surface area contributed by atoms with Gasteiger partial charge in [-0.15, -0.1) is 0 Å². The van der Waals surface area contributed by atoms with Crippen molar-refractivity contribution >= 4 is 22.9 Å². The number of alkyl halides is 3. The first-order chi connectivity index (χ1) is 16.9. The number of carbonyl (C=O) groups excluding carboxylic acids is 1. The Morgan fingerprint density at radius 2 is 1.89 bits per heavy atom. The molecule has 0 spiro atoms. The molecule has 0 saturated carbocycles. The molecule has 0 bridgehead atoms. The van der Waals surface area contributed by atoms with Crippen LogP contribution in [0.15, 0.2) is 42.6 Å². The van der Waals surface area contributed by atoms with E-state index in [0.29, 0.717) is 10.6 Å². The van der Waals surface area contributed by atoms with Crippen molar-refractivity contribution in [1.29, 1.82) is 0 Å². The third kappa shape index (κ3) is 4.20. The number of ether oxygens (including phenoxy) is 1. The van der Waals surface area contributed by atoms with Gasteiger partial charge in [0.05, 0.1) is 11.1 Å². The normalized spacial score (nSPS) is 11.6. The zero-order chi connectivity index (χ0) is 26.4. The van der Waals surface area contributed by atoms with E-state index in [1.165, 1.54) is 25.3 Å². The number of carbonyl (C=O) groups is 2. The number of hydrogen-bond donors (Lipinski definition) is 3. The summed E-state index contributed by atoms with van der Waals surface area (Å²) in [6, 6.07) is 6.03. The summed E-state index contributed by atoms with van der Waals surface area (Å²) in [5.74, 6) is -2.90. The highest BCUT2D eigenvalue weighted by Gasteiger charge is 2.36. The number of nitrogens with two attached hydrogens (primary N) is 1. The maximum absolute atomic E-state index is 15.8. The first-order valence-electron chi connectivity index (χ1n) is 10.1. The molecule has 0 atom stereocenters. The van der Waals surface area contributed by atoms with Gasteiger partial charge in [-0.25, -0.2) is 18.7 Å². The lowest BCUT2D eigenvalue weighted by Gasteiger charge is -2.15. The number of aliphatic hydroxyl groups is 1. The van der Waals surface area contributed by atoms with Gasteiger partial charge in [-0.05, 0) is 36.8 Å². The fourth-order valence-corrected chi connectivity index (χ4v) is 3.88. The lowest BCUT2D eigenvalue weighted by Crippen LogP contribution is -2.15. The number of hydrogen-bond acceptors (Lipinski definition) is 6. The standard InChI is InChI=1S/C23H16F4N4O5/c1-10-18(12-3-2-11(21(28)33)8-13(12)23(25,26)27)19-14(31(10)22(34)35)4-5-15(20(19)24)36-17-6-7-29-16(9-32)30-17/h2-8,32H,9H2,1H3,(H2,28,33)(H,34,35). The molecule has 0 fully saturated rings. The minimum Gasteiger partial charge on any atom is -0.464 e. The number of aromatic nitrogens is 3. The van der Waals surface area contributed by atoms with E-state index in [0.717, 1.165) is 18.2 Å². The van der Waals surface area contributed by atoms with Crippen LogP contribution in [-0.2, 0) is 12.8 Å². The predicted octanol–water partition coefficient (Wildman–Crippen LogP) is 4.47. The third-order valence-electron chi connectivity index (χ3n) is 5.38. The topological polar surface area (TPSA) is 141 Å². The van der Waals surface area contributed by atoms with Gasteiger partial charge in [-0.3, -0.25) is 4.79 Å². The van der Waals surface area contributed by atoms with Crippen molar-refractivity contribution in [2.75, 3.05) is 0 Å². The number of fused-ring (bicyclic) bond motifs is 1. The fraction of sp³-hybridized carbons (Fsp3) is 0.130. The van der Waals surface area contributed by atoms with E-state index in [2.05, 4.69) is 9.97 Å². The Hall–Kier alpha value is -4.52. The zero-order valence-corrected chi connectivity index (χ0v) is 18.3. The number of halogens is 4. The van der Waals surface area contributed by atoms with E-state index in [-0.39, 0.29) is 28.5 Å². The van der Waals surface area contributed by atoms with E-state index >= 15 is 4.39 Å². The predicted molar refractivity (Wildman–Crippen MR) is 117 cm³/mol. The maximum atomic E-state index is 15.8. The van der Waals surface area contributed by atoms with Crippen LogP contribution in [0.25, 0.3) is 22.0 Å². The molecule has 0 aliphatic heterocycles. The van der Waals surface area contributed by atoms with Gasteiger partial charge >= 0.3 is 12.3 Å². The second-order valence-corrected chi connectivity index (χ2v) is 7.54. The molecule has 0 unspecified atom stereocenters. The summed E-state index contributed by atoms with van der Waals surface area (Å²) in [5.41, 5.74) is 2.04. The van der Waals surface area contributed by atoms with E-state index < -0.39 is 58.4 Å². The molecule has 186 valence electrons. The van der Waals surface area contributed by atoms with Crippen molar-refractivity contribution in [3.63, 3.8) is 0 Å². The van der Waals surface area contributed by atoms with E-state index in [9.17, 15) is 33.0 Å². The summed E-state index contributed by atoms with van der Waals surface area (Å²) >= 11 is 0. The summed E-state index contributed by atoms with van der Waals surface area (Å²) in [6.45, 7) is 0.703. The van der Waals surface area contributed by atoms with Crippen molar-refractivity contribution in [2.45, 2.75) is 19.7 Å². The van der Waals surface area contributed by atoms with Crippen molar-refractivity contribution in [3.05, 3.63) is 71.1 Å². The van der Waals surface area contributed by atoms with Crippen LogP contribution in [0.1, 0.15) is 27.4 Å². The number of benzene rings is 2. The first-order valence-corrected chi connectivity index (χ1v) is 10.1. The van der Waals surface area contributed by atoms with Gasteiger partial charge in [0.2, 0.25) is 11.8 Å². The molecule has 4 rings (SSSR count). The highest BCUT2D eigenvalue weighted by molar-refractivity contribution is 6.04. The van der Waals surface area contributed by atoms with E-state index in [4.69, 9.17) is 10.5 Å². The van der Waals surface area contributed by atoms with Crippen LogP contribution >= 0.6 is 0 Å². The molecule has 9 nitrogen and oxygen atoms in total. The molecule has 4 aromatic rings. The Labute approximate surface area is 199 Å². The van der Waals surface area contributed by atoms with Crippen molar-refractivity contribution < 1.29 is 42.1 Å². The Balaban J connectivity index is 2.03. The number of rotatable bonds is 5. The third-order valence-corrected chi connectivity index (χ3v) is 5.38. The van der Waals surface area contributed by atoms with Crippen LogP contribution in [0.3, 0.4) is 0 Å². The Morgan fingerprint density at radius 3 is 2.50 bits per heavy atom. The number of nitrogens with zero attached hydrogens (tertiary/aromatic N) is 3. The van der Waals surface area contributed by atoms with E-state index in [1.807, 2.05) is 0 Å². The van der Waals surface area contributed by atoms with Gasteiger partial charge in [-0.1, -0.05) is 6.07 Å². The monoisotopic (exact) mass is 504 g/mol. The molecule has 13 heteroatoms. The smallest absolute Gasteiger partial charge is 0.417 e. The minimum atomic E-state index is -4.99. The molecular weight excluding hydrogens is 488 g/mol. The first kappa shape index (κ1) is 24.6. The van der Waals surface area contributed by atoms with Crippen LogP contribution in [0.4, 0.5) is 22.4 Å². The molecule has 0 saturated heterocycles. The number of primary amides is 1. The van der Waals surface area contributed by atoms with E-state index in [1.54, 1.807) is 0 Å². The molecule has 0 radical (unpaired) electrons. The SMILES string of the molecule is Cc1c(-c2ccc(C(N)=O)cc2C(F)(F)F)c2c(F)c(Oc3ccnc(CO)n3)ccc2n1C(=O)O. The zero-order valence-electron chi connectivity index (χ0n) is 18.3. The lowest BCUT2D eigenvalue weighted by molar-refractivity contribution is -0.137. The lowest BCUT2D eigenvalue weighted by atomic mass is 9.94. The maximum Gasteiger partial charge on any atom is 0.417 e. The average Bonchev–Trinajstić information content (AvgIpc) is 3.12. The number of amides is 1. The average molecular weight is 504 g/mol. The molecule has 2 aromatic heterocycles. The molecule has 4 N–H and O–H groups in total. The Morgan fingerprint density at radius 1 is 1.17 bits per heavy atom.